The minimum absolute atomic E-state index is 0.0534. The maximum atomic E-state index is 12.5. The monoisotopic (exact) mass is 366 g/mol. The van der Waals surface area contributed by atoms with Crippen LogP contribution in [-0.2, 0) is 14.1 Å². The van der Waals surface area contributed by atoms with Crippen LogP contribution in [0.5, 0.6) is 0 Å². The summed E-state index contributed by atoms with van der Waals surface area (Å²) in [4.78, 5) is 31.2. The molecule has 0 aromatic carbocycles. The van der Waals surface area contributed by atoms with Gasteiger partial charge in [-0.2, -0.15) is 5.26 Å². The zero-order valence-corrected chi connectivity index (χ0v) is 15.9. The van der Waals surface area contributed by atoms with Crippen molar-refractivity contribution in [3.8, 4) is 6.07 Å². The molecule has 0 radical (unpaired) electrons. The molecule has 1 unspecified atom stereocenters. The number of amides is 1. The second-order valence-corrected chi connectivity index (χ2v) is 7.42. The molecule has 136 valence electrons. The predicted molar refractivity (Wildman–Crippen MR) is 95.8 cm³/mol. The van der Waals surface area contributed by atoms with Crippen LogP contribution >= 0.6 is 8.96 Å². The van der Waals surface area contributed by atoms with Crippen molar-refractivity contribution in [1.29, 1.82) is 5.26 Å². The van der Waals surface area contributed by atoms with Crippen LogP contribution in [-0.4, -0.2) is 67.0 Å². The number of carbonyl (C=O) groups is 2. The summed E-state index contributed by atoms with van der Waals surface area (Å²) < 4.78 is 5.21. The highest BCUT2D eigenvalue weighted by molar-refractivity contribution is 7.32. The summed E-state index contributed by atoms with van der Waals surface area (Å²) in [6.07, 6.45) is -0.370. The molecule has 1 saturated heterocycles. The molecule has 1 amide bonds. The van der Waals surface area contributed by atoms with Crippen LogP contribution in [0.15, 0.2) is 11.3 Å². The summed E-state index contributed by atoms with van der Waals surface area (Å²) >= 11 is 0. The van der Waals surface area contributed by atoms with Gasteiger partial charge in [-0.1, -0.05) is 6.92 Å². The van der Waals surface area contributed by atoms with Gasteiger partial charge in [0, 0.05) is 25.4 Å². The molecule has 10 heteroatoms. The summed E-state index contributed by atoms with van der Waals surface area (Å²) in [5, 5.41) is 18.7. The third kappa shape index (κ3) is 3.72. The minimum Gasteiger partial charge on any atom is -0.428 e. The van der Waals surface area contributed by atoms with E-state index in [1.54, 1.807) is 14.9 Å². The van der Waals surface area contributed by atoms with E-state index >= 15 is 0 Å². The first-order chi connectivity index (χ1) is 11.8. The summed E-state index contributed by atoms with van der Waals surface area (Å²) in [7, 11) is 3.36. The van der Waals surface area contributed by atoms with Crippen molar-refractivity contribution >= 4 is 28.8 Å². The Morgan fingerprint density at radius 2 is 2.32 bits per heavy atom. The molecule has 2 aliphatic heterocycles. The van der Waals surface area contributed by atoms with Crippen molar-refractivity contribution < 1.29 is 19.2 Å². The highest BCUT2D eigenvalue weighted by Gasteiger charge is 2.59. The molecule has 2 rings (SSSR count). The largest absolute Gasteiger partial charge is 0.428 e. The van der Waals surface area contributed by atoms with Crippen LogP contribution < -0.4 is 5.00 Å². The first-order valence-electron chi connectivity index (χ1n) is 8.27. The van der Waals surface area contributed by atoms with E-state index in [1.807, 2.05) is 18.9 Å². The highest BCUT2D eigenvalue weighted by atomic mass is 31.1. The topological polar surface area (TPSA) is 106 Å². The Kier molecular flexibility index (Phi) is 6.58. The van der Waals surface area contributed by atoms with Crippen LogP contribution in [0.4, 0.5) is 0 Å². The molecule has 1 fully saturated rings. The lowest BCUT2D eigenvalue weighted by Crippen LogP contribution is -2.63. The summed E-state index contributed by atoms with van der Waals surface area (Å²) in [5.74, 6) is -1.31. The normalized spacial score (nSPS) is 26.8. The van der Waals surface area contributed by atoms with Gasteiger partial charge in [0.05, 0.1) is 24.1 Å². The maximum absolute atomic E-state index is 12.5. The number of nitrogens with zero attached hydrogens (tertiary/aromatic N) is 3. The Morgan fingerprint density at radius 3 is 2.88 bits per heavy atom. The van der Waals surface area contributed by atoms with E-state index in [2.05, 4.69) is 11.1 Å². The van der Waals surface area contributed by atoms with E-state index < -0.39 is 18.0 Å². The number of nitrogens with one attached hydrogen (secondary N) is 1. The molecule has 0 spiro atoms. The molecule has 2 N–H and O–H groups in total. The number of fused-ring (bicyclic) bond motifs is 1. The number of rotatable bonds is 8. The molecule has 0 aromatic heterocycles. The number of aliphatic hydroxyl groups excluding tert-OH is 1. The van der Waals surface area contributed by atoms with E-state index in [4.69, 9.17) is 9.79 Å². The van der Waals surface area contributed by atoms with Gasteiger partial charge in [0.15, 0.2) is 7.98 Å². The summed E-state index contributed by atoms with van der Waals surface area (Å²) in [5.41, 5.74) is 1.12. The van der Waals surface area contributed by atoms with Gasteiger partial charge < -0.3 is 24.4 Å². The molecular weight excluding hydrogens is 342 g/mol. The van der Waals surface area contributed by atoms with Gasteiger partial charge >= 0.3 is 5.97 Å². The van der Waals surface area contributed by atoms with E-state index in [0.717, 1.165) is 5.57 Å². The quantitative estimate of drug-likeness (QED) is 0.327. The number of carbonyl (C=O) groups excluding carboxylic acids is 2. The number of likely N-dealkylation sites (N-methyl/N-ethyl adjacent to an activating group) is 1. The van der Waals surface area contributed by atoms with Crippen LogP contribution in [0.3, 0.4) is 0 Å². The zero-order chi connectivity index (χ0) is 18.7. The molecule has 25 heavy (non-hydrogen) atoms. The average Bonchev–Trinajstić information content (AvgIpc) is 2.79. The molecule has 0 aromatic rings. The number of hydrogen-bond donors (Lipinski definition) is 2. The molecule has 2 aliphatic rings. The van der Waals surface area contributed by atoms with Gasteiger partial charge in [0.2, 0.25) is 5.91 Å². The third-order valence-electron chi connectivity index (χ3n) is 4.80. The highest BCUT2D eigenvalue weighted by Crippen LogP contribution is 2.47. The number of nitriles is 1. The van der Waals surface area contributed by atoms with E-state index in [9.17, 15) is 14.7 Å². The van der Waals surface area contributed by atoms with Gasteiger partial charge in [-0.15, -0.1) is 0 Å². The fourth-order valence-corrected chi connectivity index (χ4v) is 3.89. The molecule has 2 heterocycles. The van der Waals surface area contributed by atoms with Gasteiger partial charge in [-0.05, 0) is 19.5 Å². The standard InChI is InChI=1S/C15H24BN4O4P/c1-8-10(7-19(3)6-4-5-17)13(15(23)24-25-18-16)20-12(8)11(9(2)21)14(20)22/h8-9,11-12,18,21,25H,4,6-7,16H2,1-3H3/t8-,9+,11+,12+/m0/s1. The Hall–Kier alpha value is -1.46. The van der Waals surface area contributed by atoms with Crippen molar-refractivity contribution in [3.63, 3.8) is 0 Å². The van der Waals surface area contributed by atoms with Gasteiger partial charge in [-0.3, -0.25) is 4.79 Å². The number of hydrogen-bond acceptors (Lipinski definition) is 7. The van der Waals surface area contributed by atoms with Crippen molar-refractivity contribution in [1.82, 2.24) is 14.8 Å². The Labute approximate surface area is 150 Å². The molecular formula is C15H24BN4O4P. The fourth-order valence-electron chi connectivity index (χ4n) is 3.60. The van der Waals surface area contributed by atoms with Crippen LogP contribution in [0.1, 0.15) is 20.3 Å². The van der Waals surface area contributed by atoms with Crippen molar-refractivity contribution in [2.45, 2.75) is 32.4 Å². The van der Waals surface area contributed by atoms with Crippen LogP contribution in [0.25, 0.3) is 0 Å². The molecule has 0 saturated carbocycles. The van der Waals surface area contributed by atoms with Gasteiger partial charge in [0.1, 0.15) is 14.7 Å². The average molecular weight is 366 g/mol. The summed E-state index contributed by atoms with van der Waals surface area (Å²) in [6, 6.07) is 1.89. The van der Waals surface area contributed by atoms with Crippen molar-refractivity contribution in [3.05, 3.63) is 11.3 Å². The molecule has 8 nitrogen and oxygen atoms in total. The Balaban J connectivity index is 2.29. The first kappa shape index (κ1) is 19.9. The van der Waals surface area contributed by atoms with E-state index in [0.29, 0.717) is 25.2 Å². The predicted octanol–water partition coefficient (Wildman–Crippen LogP) is -0.867. The lowest BCUT2D eigenvalue weighted by molar-refractivity contribution is -0.162. The zero-order valence-electron chi connectivity index (χ0n) is 14.9. The Bertz CT molecular complexity index is 621. The second-order valence-electron chi connectivity index (χ2n) is 6.52. The molecule has 0 aliphatic carbocycles. The lowest BCUT2D eigenvalue weighted by atomic mass is 9.77. The number of β-lactam (4-membered cyclic amide) rings is 1. The summed E-state index contributed by atoms with van der Waals surface area (Å²) in [6.45, 7) is 4.62. The van der Waals surface area contributed by atoms with Gasteiger partial charge in [0.25, 0.3) is 0 Å². The fraction of sp³-hybridized carbons (Fsp3) is 0.667. The minimum atomic E-state index is -0.761. The van der Waals surface area contributed by atoms with Crippen LogP contribution in [0, 0.1) is 23.2 Å². The molecule has 0 bridgehead atoms. The smallest absolute Gasteiger partial charge is 0.358 e. The molecule has 5 atom stereocenters. The second kappa shape index (κ2) is 8.28. The van der Waals surface area contributed by atoms with Gasteiger partial charge in [-0.25, -0.2) is 4.79 Å². The van der Waals surface area contributed by atoms with Crippen molar-refractivity contribution in [2.75, 3.05) is 20.1 Å². The van der Waals surface area contributed by atoms with E-state index in [-0.39, 0.29) is 26.8 Å². The Morgan fingerprint density at radius 1 is 1.64 bits per heavy atom. The SMILES string of the molecule is BNPOC(=O)C1=C(CN(C)CCC#N)[C@H](C)[C@@H]2[C@@H]([C@@H](C)O)C(=O)N12. The van der Waals surface area contributed by atoms with Crippen molar-refractivity contribution in [2.24, 2.45) is 11.8 Å². The third-order valence-corrected chi connectivity index (χ3v) is 5.29. The van der Waals surface area contributed by atoms with E-state index in [1.165, 1.54) is 4.90 Å². The number of aliphatic hydroxyl groups is 1. The first-order valence-corrected chi connectivity index (χ1v) is 9.18. The lowest BCUT2D eigenvalue weighted by Gasteiger charge is -2.46. The van der Waals surface area contributed by atoms with Crippen LogP contribution in [0.2, 0.25) is 0 Å². The maximum Gasteiger partial charge on any atom is 0.358 e.